The van der Waals surface area contributed by atoms with Gasteiger partial charge in [0, 0.05) is 11.6 Å². The number of aryl methyl sites for hydroxylation is 2. The van der Waals surface area contributed by atoms with Gasteiger partial charge in [-0.3, -0.25) is 4.99 Å². The lowest BCUT2D eigenvalue weighted by molar-refractivity contribution is 0.355. The molecule has 0 aliphatic heterocycles. The summed E-state index contributed by atoms with van der Waals surface area (Å²) < 4.78 is 10.6. The molecule has 3 aromatic rings. The number of benzene rings is 3. The van der Waals surface area contributed by atoms with Gasteiger partial charge in [0.15, 0.2) is 11.5 Å². The van der Waals surface area contributed by atoms with Crippen LogP contribution >= 0.6 is 0 Å². The fourth-order valence-electron chi connectivity index (χ4n) is 3.42. The molecule has 3 nitrogen and oxygen atoms in total. The standard InChI is InChI=1S/C21H19NO2/c1-23-19-11-6-14(12-20(19)24-2)13-22-18-10-9-16-8-7-15-4-3-5-17(18)21(15)16/h3-6,9-13H,7-8H2,1-2H3. The van der Waals surface area contributed by atoms with Gasteiger partial charge in [-0.05, 0) is 59.2 Å². The van der Waals surface area contributed by atoms with E-state index in [1.807, 2.05) is 24.4 Å². The van der Waals surface area contributed by atoms with Gasteiger partial charge in [0.25, 0.3) is 0 Å². The van der Waals surface area contributed by atoms with E-state index in [-0.39, 0.29) is 0 Å². The van der Waals surface area contributed by atoms with E-state index in [2.05, 4.69) is 30.3 Å². The fraction of sp³-hybridized carbons (Fsp3) is 0.190. The van der Waals surface area contributed by atoms with E-state index < -0.39 is 0 Å². The van der Waals surface area contributed by atoms with Crippen molar-refractivity contribution in [1.82, 2.24) is 0 Å². The van der Waals surface area contributed by atoms with Crippen LogP contribution in [0, 0.1) is 0 Å². The third-order valence-corrected chi connectivity index (χ3v) is 4.61. The first-order valence-corrected chi connectivity index (χ1v) is 8.10. The van der Waals surface area contributed by atoms with E-state index in [1.165, 1.54) is 21.9 Å². The first kappa shape index (κ1) is 14.8. The predicted octanol–water partition coefficient (Wildman–Crippen LogP) is 4.71. The Kier molecular flexibility index (Phi) is 3.69. The van der Waals surface area contributed by atoms with Gasteiger partial charge < -0.3 is 9.47 Å². The van der Waals surface area contributed by atoms with Crippen LogP contribution in [0.3, 0.4) is 0 Å². The summed E-state index contributed by atoms with van der Waals surface area (Å²) in [5.41, 5.74) is 4.86. The molecule has 0 saturated carbocycles. The Morgan fingerprint density at radius 1 is 0.875 bits per heavy atom. The van der Waals surface area contributed by atoms with E-state index in [0.717, 1.165) is 29.8 Å². The second kappa shape index (κ2) is 6.00. The van der Waals surface area contributed by atoms with Gasteiger partial charge in [-0.25, -0.2) is 0 Å². The van der Waals surface area contributed by atoms with Gasteiger partial charge in [-0.15, -0.1) is 0 Å². The van der Waals surface area contributed by atoms with Gasteiger partial charge in [0.2, 0.25) is 0 Å². The fourth-order valence-corrected chi connectivity index (χ4v) is 3.42. The number of hydrogen-bond donors (Lipinski definition) is 0. The Morgan fingerprint density at radius 3 is 2.46 bits per heavy atom. The minimum Gasteiger partial charge on any atom is -0.493 e. The summed E-state index contributed by atoms with van der Waals surface area (Å²) in [6.45, 7) is 0. The quantitative estimate of drug-likeness (QED) is 0.653. The van der Waals surface area contributed by atoms with Crippen LogP contribution in [0.1, 0.15) is 16.7 Å². The molecule has 3 heteroatoms. The largest absolute Gasteiger partial charge is 0.493 e. The Hall–Kier alpha value is -2.81. The van der Waals surface area contributed by atoms with Crippen LogP contribution < -0.4 is 9.47 Å². The van der Waals surface area contributed by atoms with Crippen molar-refractivity contribution in [3.05, 3.63) is 65.2 Å². The van der Waals surface area contributed by atoms with E-state index in [0.29, 0.717) is 5.75 Å². The molecule has 0 atom stereocenters. The van der Waals surface area contributed by atoms with Crippen LogP contribution in [-0.2, 0) is 12.8 Å². The van der Waals surface area contributed by atoms with Crippen molar-refractivity contribution in [1.29, 1.82) is 0 Å². The second-order valence-electron chi connectivity index (χ2n) is 5.96. The molecule has 0 heterocycles. The lowest BCUT2D eigenvalue weighted by Gasteiger charge is -2.08. The maximum atomic E-state index is 5.35. The zero-order valence-electron chi connectivity index (χ0n) is 13.9. The molecule has 0 N–H and O–H groups in total. The smallest absolute Gasteiger partial charge is 0.161 e. The molecule has 0 saturated heterocycles. The second-order valence-corrected chi connectivity index (χ2v) is 5.96. The summed E-state index contributed by atoms with van der Waals surface area (Å²) >= 11 is 0. The van der Waals surface area contributed by atoms with Crippen molar-refractivity contribution in [2.75, 3.05) is 14.2 Å². The zero-order chi connectivity index (χ0) is 16.5. The highest BCUT2D eigenvalue weighted by Crippen LogP contribution is 2.36. The van der Waals surface area contributed by atoms with Gasteiger partial charge >= 0.3 is 0 Å². The summed E-state index contributed by atoms with van der Waals surface area (Å²) in [7, 11) is 3.28. The molecule has 0 bridgehead atoms. The molecule has 0 fully saturated rings. The molecule has 0 spiro atoms. The highest BCUT2D eigenvalue weighted by Gasteiger charge is 2.15. The predicted molar refractivity (Wildman–Crippen MR) is 98.2 cm³/mol. The van der Waals surface area contributed by atoms with Crippen LogP contribution in [0.5, 0.6) is 11.5 Å². The summed E-state index contributed by atoms with van der Waals surface area (Å²) in [6, 6.07) is 16.6. The monoisotopic (exact) mass is 317 g/mol. The minimum absolute atomic E-state index is 0.710. The first-order valence-electron chi connectivity index (χ1n) is 8.10. The van der Waals surface area contributed by atoms with Gasteiger partial charge in [0.1, 0.15) is 0 Å². The molecule has 120 valence electrons. The molecule has 1 aliphatic rings. The number of hydrogen-bond acceptors (Lipinski definition) is 3. The van der Waals surface area contributed by atoms with E-state index in [1.54, 1.807) is 14.2 Å². The molecule has 0 aromatic heterocycles. The van der Waals surface area contributed by atoms with Crippen LogP contribution in [0.2, 0.25) is 0 Å². The summed E-state index contributed by atoms with van der Waals surface area (Å²) in [6.07, 6.45) is 4.14. The van der Waals surface area contributed by atoms with Gasteiger partial charge in [-0.2, -0.15) is 0 Å². The van der Waals surface area contributed by atoms with E-state index in [9.17, 15) is 0 Å². The van der Waals surface area contributed by atoms with Crippen molar-refractivity contribution < 1.29 is 9.47 Å². The highest BCUT2D eigenvalue weighted by atomic mass is 16.5. The third kappa shape index (κ3) is 2.42. The molecular formula is C21H19NO2. The number of methoxy groups -OCH3 is 2. The molecule has 0 unspecified atom stereocenters. The average Bonchev–Trinajstić information content (AvgIpc) is 3.06. The number of nitrogens with zero attached hydrogens (tertiary/aromatic N) is 1. The average molecular weight is 317 g/mol. The third-order valence-electron chi connectivity index (χ3n) is 4.61. The number of aliphatic imine (C=N–C) groups is 1. The first-order chi connectivity index (χ1) is 11.8. The van der Waals surface area contributed by atoms with Crippen LogP contribution in [-0.4, -0.2) is 20.4 Å². The van der Waals surface area contributed by atoms with Crippen molar-refractivity contribution in [2.45, 2.75) is 12.8 Å². The maximum absolute atomic E-state index is 5.35. The molecule has 3 aromatic carbocycles. The van der Waals surface area contributed by atoms with Crippen LogP contribution in [0.4, 0.5) is 5.69 Å². The van der Waals surface area contributed by atoms with Crippen LogP contribution in [0.15, 0.2) is 53.5 Å². The van der Waals surface area contributed by atoms with Crippen molar-refractivity contribution in [2.24, 2.45) is 4.99 Å². The zero-order valence-corrected chi connectivity index (χ0v) is 13.9. The van der Waals surface area contributed by atoms with Crippen molar-refractivity contribution in [3.8, 4) is 11.5 Å². The minimum atomic E-state index is 0.710. The highest BCUT2D eigenvalue weighted by molar-refractivity contribution is 6.00. The van der Waals surface area contributed by atoms with E-state index in [4.69, 9.17) is 14.5 Å². The van der Waals surface area contributed by atoms with Crippen LogP contribution in [0.25, 0.3) is 10.8 Å². The normalized spacial score (nSPS) is 12.9. The van der Waals surface area contributed by atoms with E-state index >= 15 is 0 Å². The molecule has 4 rings (SSSR count). The molecule has 1 aliphatic carbocycles. The summed E-state index contributed by atoms with van der Waals surface area (Å²) in [5.74, 6) is 1.43. The molecule has 0 amide bonds. The maximum Gasteiger partial charge on any atom is 0.161 e. The lowest BCUT2D eigenvalue weighted by Crippen LogP contribution is -1.92. The number of rotatable bonds is 4. The number of ether oxygens (including phenoxy) is 2. The summed E-state index contributed by atoms with van der Waals surface area (Å²) in [5, 5.41) is 2.62. The summed E-state index contributed by atoms with van der Waals surface area (Å²) in [4.78, 5) is 4.72. The SMILES string of the molecule is COc1ccc(C=Nc2ccc3c4c(cccc24)CC3)cc1OC. The lowest BCUT2D eigenvalue weighted by atomic mass is 10.0. The van der Waals surface area contributed by atoms with Crippen molar-refractivity contribution in [3.63, 3.8) is 0 Å². The molecule has 24 heavy (non-hydrogen) atoms. The Labute approximate surface area is 141 Å². The van der Waals surface area contributed by atoms with Gasteiger partial charge in [-0.1, -0.05) is 24.3 Å². The Bertz CT molecular complexity index is 934. The topological polar surface area (TPSA) is 30.8 Å². The van der Waals surface area contributed by atoms with Crippen molar-refractivity contribution >= 4 is 22.7 Å². The molecular weight excluding hydrogens is 298 g/mol. The van der Waals surface area contributed by atoms with Gasteiger partial charge in [0.05, 0.1) is 19.9 Å². The Morgan fingerprint density at radius 2 is 1.67 bits per heavy atom. The Balaban J connectivity index is 1.74. The molecule has 0 radical (unpaired) electrons.